The van der Waals surface area contributed by atoms with E-state index >= 15 is 0 Å². The number of hydrogen-bond acceptors (Lipinski definition) is 8. The molecule has 8 rings (SSSR count). The lowest BCUT2D eigenvalue weighted by Gasteiger charge is -2.38. The maximum Gasteiger partial charge on any atom is 0.258 e. The van der Waals surface area contributed by atoms with Crippen molar-refractivity contribution in [3.8, 4) is 0 Å². The molecule has 2 saturated carbocycles. The van der Waals surface area contributed by atoms with Crippen LogP contribution < -0.4 is 21.8 Å². The number of hydrogen-bond donors (Lipinski definition) is 4. The van der Waals surface area contributed by atoms with Gasteiger partial charge >= 0.3 is 0 Å². The zero-order valence-electron chi connectivity index (χ0n) is 34.0. The van der Waals surface area contributed by atoms with Crippen LogP contribution in [0.1, 0.15) is 101 Å². The van der Waals surface area contributed by atoms with E-state index in [0.29, 0.717) is 73.4 Å². The molecule has 2 aromatic heterocycles. The number of amides is 4. The highest BCUT2D eigenvalue weighted by molar-refractivity contribution is 5.85. The molecule has 2 aliphatic carbocycles. The Bertz CT molecular complexity index is 1950. The molecule has 312 valence electrons. The fourth-order valence-electron chi connectivity index (χ4n) is 9.88. The van der Waals surface area contributed by atoms with Gasteiger partial charge in [-0.05, 0) is 75.6 Å². The first-order valence-electron chi connectivity index (χ1n) is 21.1. The van der Waals surface area contributed by atoms with Crippen LogP contribution >= 0.6 is 0 Å². The molecule has 0 radical (unpaired) electrons. The van der Waals surface area contributed by atoms with Gasteiger partial charge in [-0.25, -0.2) is 0 Å². The molecule has 4 fully saturated rings. The summed E-state index contributed by atoms with van der Waals surface area (Å²) in [5.74, 6) is -1.16. The quantitative estimate of drug-likeness (QED) is 0.253. The number of aromatic nitrogens is 2. The lowest BCUT2D eigenvalue weighted by atomic mass is 9.86. The molecule has 14 nitrogen and oxygen atoms in total. The van der Waals surface area contributed by atoms with Gasteiger partial charge in [0.05, 0.1) is 36.0 Å². The highest BCUT2D eigenvalue weighted by Gasteiger charge is 2.58. The first kappa shape index (κ1) is 41.3. The predicted octanol–water partition coefficient (Wildman–Crippen LogP) is 2.62. The standard InChI is InChI=1S/2C22H29N3O4/c2*1-3-5-14-8-9-16-20-19(21(28)23-10-13-6-7-13)15(12-26)17(11-24(16)22(14)29)25(20)18(27)4-2/h2*3,5,8-9,13,15,17,19-20,26H,4,6-7,10-12H2,1-2H3,(H,23,28)/b5-3+;5-3-/t2*15-,17-,19+,20+/m00/s1. The molecule has 0 aromatic carbocycles. The van der Waals surface area contributed by atoms with E-state index in [-0.39, 0.29) is 71.9 Å². The van der Waals surface area contributed by atoms with Gasteiger partial charge in [-0.3, -0.25) is 28.8 Å². The van der Waals surface area contributed by atoms with Gasteiger partial charge in [0.1, 0.15) is 0 Å². The fraction of sp³-hybridized carbons (Fsp3) is 0.591. The number of fused-ring (bicyclic) bond motifs is 8. The number of pyridine rings is 2. The number of nitrogens with one attached hydrogen (secondary N) is 2. The number of rotatable bonds is 12. The van der Waals surface area contributed by atoms with E-state index < -0.39 is 23.9 Å². The van der Waals surface area contributed by atoms with E-state index in [1.807, 2.05) is 38.1 Å². The molecule has 0 unspecified atom stereocenters. The van der Waals surface area contributed by atoms with Crippen molar-refractivity contribution in [3.05, 3.63) is 79.6 Å². The van der Waals surface area contributed by atoms with Crippen molar-refractivity contribution >= 4 is 35.8 Å². The Morgan fingerprint density at radius 2 is 1.03 bits per heavy atom. The first-order chi connectivity index (χ1) is 28.0. The second-order valence-electron chi connectivity index (χ2n) is 16.7. The third-order valence-electron chi connectivity index (χ3n) is 13.1. The number of allylic oxidation sites excluding steroid dienone is 2. The predicted molar refractivity (Wildman–Crippen MR) is 218 cm³/mol. The zero-order valence-corrected chi connectivity index (χ0v) is 34.0. The summed E-state index contributed by atoms with van der Waals surface area (Å²) in [4.78, 5) is 81.5. The van der Waals surface area contributed by atoms with E-state index in [4.69, 9.17) is 0 Å². The van der Waals surface area contributed by atoms with Crippen LogP contribution in [0.2, 0.25) is 0 Å². The average Bonchev–Trinajstić information content (AvgIpc) is 4.17. The van der Waals surface area contributed by atoms with Gasteiger partial charge in [-0.1, -0.05) is 38.2 Å². The monoisotopic (exact) mass is 798 g/mol. The third kappa shape index (κ3) is 7.49. The molecule has 0 spiro atoms. The van der Waals surface area contributed by atoms with Crippen LogP contribution in [0.25, 0.3) is 12.2 Å². The summed E-state index contributed by atoms with van der Waals surface area (Å²) in [7, 11) is 0. The molecule has 4 bridgehead atoms. The summed E-state index contributed by atoms with van der Waals surface area (Å²) in [6.45, 7) is 8.82. The van der Waals surface area contributed by atoms with Crippen molar-refractivity contribution in [1.82, 2.24) is 29.6 Å². The lowest BCUT2D eigenvalue weighted by molar-refractivity contribution is -0.137. The minimum absolute atomic E-state index is 0.0489. The van der Waals surface area contributed by atoms with E-state index in [1.54, 1.807) is 57.1 Å². The highest BCUT2D eigenvalue weighted by atomic mass is 16.3. The van der Waals surface area contributed by atoms with Crippen LogP contribution in [0, 0.1) is 35.5 Å². The Labute approximate surface area is 339 Å². The van der Waals surface area contributed by atoms with Gasteiger partial charge in [0.15, 0.2) is 0 Å². The highest BCUT2D eigenvalue weighted by Crippen LogP contribution is 2.50. The van der Waals surface area contributed by atoms with Crippen LogP contribution in [-0.2, 0) is 32.3 Å². The van der Waals surface area contributed by atoms with Crippen LogP contribution in [0.5, 0.6) is 0 Å². The van der Waals surface area contributed by atoms with Crippen LogP contribution in [0.15, 0.2) is 46.0 Å². The molecule has 6 aliphatic rings. The maximum atomic E-state index is 13.2. The smallest absolute Gasteiger partial charge is 0.258 e. The van der Waals surface area contributed by atoms with E-state index in [0.717, 1.165) is 25.7 Å². The molecular weight excluding hydrogens is 741 g/mol. The largest absolute Gasteiger partial charge is 0.396 e. The average molecular weight is 799 g/mol. The molecule has 58 heavy (non-hydrogen) atoms. The van der Waals surface area contributed by atoms with Crippen molar-refractivity contribution in [2.75, 3.05) is 26.3 Å². The number of nitrogens with zero attached hydrogens (tertiary/aromatic N) is 4. The summed E-state index contributed by atoms with van der Waals surface area (Å²) in [6.07, 6.45) is 12.3. The van der Waals surface area contributed by atoms with Gasteiger partial charge in [-0.2, -0.15) is 0 Å². The van der Waals surface area contributed by atoms with E-state index in [2.05, 4.69) is 10.6 Å². The maximum absolute atomic E-state index is 13.2. The summed E-state index contributed by atoms with van der Waals surface area (Å²) in [6, 6.07) is 5.46. The normalized spacial score (nSPS) is 27.9. The molecule has 6 heterocycles. The second kappa shape index (κ2) is 17.2. The molecule has 4 amide bonds. The van der Waals surface area contributed by atoms with E-state index in [1.165, 1.54) is 0 Å². The van der Waals surface area contributed by atoms with Crippen molar-refractivity contribution in [1.29, 1.82) is 0 Å². The van der Waals surface area contributed by atoms with Gasteiger partial charge in [0.2, 0.25) is 23.6 Å². The lowest BCUT2D eigenvalue weighted by Crippen LogP contribution is -2.49. The third-order valence-corrected chi connectivity index (χ3v) is 13.1. The van der Waals surface area contributed by atoms with Crippen molar-refractivity contribution in [2.45, 2.75) is 103 Å². The Balaban J connectivity index is 0.000000177. The van der Waals surface area contributed by atoms with Crippen LogP contribution in [0.4, 0.5) is 0 Å². The number of aliphatic hydroxyl groups excluding tert-OH is 2. The number of carbonyl (C=O) groups is 4. The van der Waals surface area contributed by atoms with Crippen LogP contribution in [0.3, 0.4) is 0 Å². The summed E-state index contributed by atoms with van der Waals surface area (Å²) in [5.41, 5.74) is 2.31. The molecule has 4 aliphatic heterocycles. The van der Waals surface area contributed by atoms with Gasteiger partial charge in [0.25, 0.3) is 11.1 Å². The molecule has 2 aromatic rings. The molecule has 8 atom stereocenters. The van der Waals surface area contributed by atoms with Crippen molar-refractivity contribution < 1.29 is 29.4 Å². The number of carbonyl (C=O) groups excluding carboxylic acids is 4. The zero-order chi connectivity index (χ0) is 41.4. The van der Waals surface area contributed by atoms with E-state index in [9.17, 15) is 39.0 Å². The first-order valence-corrected chi connectivity index (χ1v) is 21.1. The molecule has 2 saturated heterocycles. The van der Waals surface area contributed by atoms with Crippen LogP contribution in [-0.4, -0.2) is 91.2 Å². The van der Waals surface area contributed by atoms with Gasteiger partial charge in [0, 0.05) is 86.6 Å². The Morgan fingerprint density at radius 3 is 1.34 bits per heavy atom. The molecular formula is C44H58N6O8. The second-order valence-corrected chi connectivity index (χ2v) is 16.7. The summed E-state index contributed by atoms with van der Waals surface area (Å²) >= 11 is 0. The van der Waals surface area contributed by atoms with Gasteiger partial charge in [-0.15, -0.1) is 0 Å². The minimum atomic E-state index is -0.556. The summed E-state index contributed by atoms with van der Waals surface area (Å²) in [5, 5.41) is 26.4. The van der Waals surface area contributed by atoms with Crippen molar-refractivity contribution in [2.24, 2.45) is 35.5 Å². The molecule has 4 N–H and O–H groups in total. The SMILES string of the molecule is C/C=C/c1ccc2n(c1=O)C[C@H]1[C@H](CO)[C@@H](C(=O)NCC3CC3)[C@@H]2N1C(=O)CC.C/C=C\c1ccc2n(c1=O)C[C@H]1[C@H](CO)[C@@H](C(=O)NCC3CC3)[C@@H]2N1C(=O)CC. The Hall–Kier alpha value is -4.82. The van der Waals surface area contributed by atoms with Crippen molar-refractivity contribution in [3.63, 3.8) is 0 Å². The topological polar surface area (TPSA) is 183 Å². The minimum Gasteiger partial charge on any atom is -0.396 e. The number of aliphatic hydroxyl groups is 2. The molecule has 14 heteroatoms. The Kier molecular flexibility index (Phi) is 12.3. The summed E-state index contributed by atoms with van der Waals surface area (Å²) < 4.78 is 3.39. The fourth-order valence-corrected chi connectivity index (χ4v) is 9.88. The van der Waals surface area contributed by atoms with Gasteiger partial charge < -0.3 is 39.8 Å². The Morgan fingerprint density at radius 1 is 0.655 bits per heavy atom.